The Morgan fingerprint density at radius 3 is 2.33 bits per heavy atom. The van der Waals surface area contributed by atoms with E-state index in [0.717, 1.165) is 12.1 Å². The molecule has 10 heteroatoms. The molecule has 7 nitrogen and oxygen atoms in total. The number of amides is 1. The molecule has 0 radical (unpaired) electrons. The van der Waals surface area contributed by atoms with Crippen LogP contribution in [0.15, 0.2) is 23.2 Å². The molecule has 1 N–H and O–H groups in total. The van der Waals surface area contributed by atoms with E-state index in [1.165, 1.54) is 13.1 Å². The van der Waals surface area contributed by atoms with Gasteiger partial charge < -0.3 is 14.4 Å². The third-order valence-electron chi connectivity index (χ3n) is 4.46. The Balaban J connectivity index is 2.15. The van der Waals surface area contributed by atoms with E-state index < -0.39 is 17.3 Å². The molecule has 166 valence electrons. The number of aliphatic imine (C=N–C) groups is 1. The maximum absolute atomic E-state index is 13.2. The molecule has 2 rings (SSSR count). The van der Waals surface area contributed by atoms with Crippen LogP contribution in [0.2, 0.25) is 0 Å². The van der Waals surface area contributed by atoms with Gasteiger partial charge in [0.25, 0.3) is 0 Å². The van der Waals surface area contributed by atoms with Crippen LogP contribution in [0, 0.1) is 5.41 Å². The van der Waals surface area contributed by atoms with Crippen LogP contribution in [0.4, 0.5) is 18.0 Å². The van der Waals surface area contributed by atoms with E-state index >= 15 is 0 Å². The number of piperazine rings is 1. The number of ether oxygens (including phenoxy) is 2. The van der Waals surface area contributed by atoms with Gasteiger partial charge in [-0.1, -0.05) is 6.07 Å². The summed E-state index contributed by atoms with van der Waals surface area (Å²) in [5, 5.41) is 7.10. The topological polar surface area (TPSA) is 78.2 Å². The molecule has 1 amide bonds. The fraction of sp³-hybridized carbons (Fsp3) is 0.550. The van der Waals surface area contributed by atoms with Crippen LogP contribution >= 0.6 is 0 Å². The van der Waals surface area contributed by atoms with Crippen molar-refractivity contribution in [3.63, 3.8) is 0 Å². The highest BCUT2D eigenvalue weighted by molar-refractivity contribution is 5.99. The van der Waals surface area contributed by atoms with Crippen LogP contribution < -0.4 is 0 Å². The zero-order chi connectivity index (χ0) is 22.5. The van der Waals surface area contributed by atoms with E-state index in [1.807, 2.05) is 4.90 Å². The molecule has 0 aliphatic carbocycles. The second-order valence-electron chi connectivity index (χ2n) is 7.88. The molecule has 0 spiro atoms. The first-order valence-corrected chi connectivity index (χ1v) is 9.47. The van der Waals surface area contributed by atoms with Gasteiger partial charge in [0, 0.05) is 45.3 Å². The van der Waals surface area contributed by atoms with E-state index in [1.54, 1.807) is 25.7 Å². The Labute approximate surface area is 174 Å². The number of halogens is 3. The third kappa shape index (κ3) is 6.45. The van der Waals surface area contributed by atoms with Gasteiger partial charge in [-0.3, -0.25) is 15.3 Å². The number of hydrogen-bond donors (Lipinski definition) is 1. The van der Waals surface area contributed by atoms with Crippen molar-refractivity contribution in [1.29, 1.82) is 5.41 Å². The summed E-state index contributed by atoms with van der Waals surface area (Å²) in [6.07, 6.45) is -4.25. The lowest BCUT2D eigenvalue weighted by Gasteiger charge is -2.35. The summed E-state index contributed by atoms with van der Waals surface area (Å²) in [5.41, 5.74) is -0.610. The van der Waals surface area contributed by atoms with Crippen molar-refractivity contribution in [2.75, 3.05) is 33.2 Å². The molecule has 1 aromatic carbocycles. The highest BCUT2D eigenvalue weighted by Crippen LogP contribution is 2.31. The van der Waals surface area contributed by atoms with E-state index in [0.29, 0.717) is 44.7 Å². The molecule has 1 aliphatic rings. The molecule has 30 heavy (non-hydrogen) atoms. The molecule has 0 saturated carbocycles. The molecular weight excluding hydrogens is 401 g/mol. The molecule has 1 aromatic rings. The van der Waals surface area contributed by atoms with E-state index in [-0.39, 0.29) is 17.6 Å². The molecule has 0 unspecified atom stereocenters. The molecule has 0 bridgehead atoms. The fourth-order valence-corrected chi connectivity index (χ4v) is 3.04. The lowest BCUT2D eigenvalue weighted by atomic mass is 10.0. The van der Waals surface area contributed by atoms with Crippen molar-refractivity contribution >= 4 is 18.4 Å². The van der Waals surface area contributed by atoms with E-state index in [9.17, 15) is 18.0 Å². The molecule has 1 aliphatic heterocycles. The second kappa shape index (κ2) is 9.46. The summed E-state index contributed by atoms with van der Waals surface area (Å²) >= 11 is 0. The van der Waals surface area contributed by atoms with Gasteiger partial charge in [0.1, 0.15) is 5.60 Å². The molecule has 1 heterocycles. The molecule has 0 atom stereocenters. The van der Waals surface area contributed by atoms with Gasteiger partial charge in [0.05, 0.1) is 5.56 Å². The lowest BCUT2D eigenvalue weighted by Crippen LogP contribution is -2.49. The first-order chi connectivity index (χ1) is 13.9. The van der Waals surface area contributed by atoms with Crippen LogP contribution in [-0.4, -0.2) is 67.0 Å². The van der Waals surface area contributed by atoms with Crippen molar-refractivity contribution in [2.24, 2.45) is 4.99 Å². The van der Waals surface area contributed by atoms with Crippen molar-refractivity contribution in [3.05, 3.63) is 34.9 Å². The predicted molar refractivity (Wildman–Crippen MR) is 107 cm³/mol. The molecular formula is C20H27F3N4O3. The Bertz CT molecular complexity index is 795. The minimum absolute atomic E-state index is 0.0570. The average Bonchev–Trinajstić information content (AvgIpc) is 2.65. The summed E-state index contributed by atoms with van der Waals surface area (Å²) in [6.45, 7) is 7.76. The van der Waals surface area contributed by atoms with Gasteiger partial charge in [-0.05, 0) is 38.5 Å². The lowest BCUT2D eigenvalue weighted by molar-refractivity contribution is -0.137. The summed E-state index contributed by atoms with van der Waals surface area (Å²) < 4.78 is 49.9. The maximum atomic E-state index is 13.2. The van der Waals surface area contributed by atoms with Crippen LogP contribution in [0.25, 0.3) is 0 Å². The summed E-state index contributed by atoms with van der Waals surface area (Å²) in [7, 11) is 1.39. The van der Waals surface area contributed by atoms with Crippen molar-refractivity contribution in [2.45, 2.75) is 39.1 Å². The van der Waals surface area contributed by atoms with Gasteiger partial charge in [-0.2, -0.15) is 13.2 Å². The fourth-order valence-electron chi connectivity index (χ4n) is 3.04. The number of alkyl halides is 3. The number of carbonyl (C=O) groups excluding carboxylic acids is 1. The number of nitrogens with one attached hydrogen (secondary N) is 1. The van der Waals surface area contributed by atoms with Gasteiger partial charge in [-0.25, -0.2) is 4.79 Å². The van der Waals surface area contributed by atoms with Gasteiger partial charge in [0.15, 0.2) is 6.40 Å². The first-order valence-electron chi connectivity index (χ1n) is 9.47. The monoisotopic (exact) mass is 428 g/mol. The molecule has 0 aromatic heterocycles. The van der Waals surface area contributed by atoms with Crippen molar-refractivity contribution < 1.29 is 27.4 Å². The highest BCUT2D eigenvalue weighted by Gasteiger charge is 2.32. The van der Waals surface area contributed by atoms with Crippen molar-refractivity contribution in [1.82, 2.24) is 9.80 Å². The first kappa shape index (κ1) is 23.7. The standard InChI is InChI=1S/C20H27F3N4O3/c1-19(2,3)30-18(28)27-9-7-26(8-10-27)12-14-5-6-15(20(21,22)23)11-16(14)17(25-4)29-13-24/h5-6,11,13,24H,7-10,12H2,1-4H3. The summed E-state index contributed by atoms with van der Waals surface area (Å²) in [4.78, 5) is 19.7. The molecule has 1 saturated heterocycles. The predicted octanol–water partition coefficient (Wildman–Crippen LogP) is 3.76. The maximum Gasteiger partial charge on any atom is 0.416 e. The second-order valence-corrected chi connectivity index (χ2v) is 7.88. The molecule has 1 fully saturated rings. The number of hydrogen-bond acceptors (Lipinski definition) is 6. The van der Waals surface area contributed by atoms with Crippen LogP contribution in [0.3, 0.4) is 0 Å². The number of nitrogens with zero attached hydrogens (tertiary/aromatic N) is 3. The van der Waals surface area contributed by atoms with Crippen LogP contribution in [0.1, 0.15) is 37.5 Å². The van der Waals surface area contributed by atoms with Gasteiger partial charge >= 0.3 is 12.3 Å². The Hall–Kier alpha value is -2.62. The minimum Gasteiger partial charge on any atom is -0.444 e. The number of benzene rings is 1. The third-order valence-corrected chi connectivity index (χ3v) is 4.46. The van der Waals surface area contributed by atoms with Gasteiger partial charge in [0.2, 0.25) is 5.90 Å². The Morgan fingerprint density at radius 2 is 1.83 bits per heavy atom. The van der Waals surface area contributed by atoms with E-state index in [2.05, 4.69) is 4.99 Å². The van der Waals surface area contributed by atoms with Crippen molar-refractivity contribution in [3.8, 4) is 0 Å². The smallest absolute Gasteiger partial charge is 0.416 e. The van der Waals surface area contributed by atoms with Gasteiger partial charge in [-0.15, -0.1) is 0 Å². The van der Waals surface area contributed by atoms with E-state index in [4.69, 9.17) is 14.9 Å². The number of carbonyl (C=O) groups is 1. The Kier molecular flexibility index (Phi) is 7.46. The van der Waals surface area contributed by atoms with Crippen LogP contribution in [0.5, 0.6) is 0 Å². The quantitative estimate of drug-likeness (QED) is 0.585. The number of rotatable bonds is 4. The largest absolute Gasteiger partial charge is 0.444 e. The normalized spacial score (nSPS) is 16.4. The summed E-state index contributed by atoms with van der Waals surface area (Å²) in [6, 6.07) is 3.41. The minimum atomic E-state index is -4.50. The highest BCUT2D eigenvalue weighted by atomic mass is 19.4. The zero-order valence-electron chi connectivity index (χ0n) is 17.5. The Morgan fingerprint density at radius 1 is 1.20 bits per heavy atom. The summed E-state index contributed by atoms with van der Waals surface area (Å²) in [5.74, 6) is -0.0570. The van der Waals surface area contributed by atoms with Crippen LogP contribution in [-0.2, 0) is 22.2 Å². The SMILES string of the molecule is CN=C(OC=N)c1cc(C(F)(F)F)ccc1CN1CCN(C(=O)OC(C)(C)C)CC1. The average molecular weight is 428 g/mol. The zero-order valence-corrected chi connectivity index (χ0v) is 17.5.